The Balaban J connectivity index is 1.88. The Morgan fingerprint density at radius 2 is 1.27 bits per heavy atom. The number of nitrogens with zero attached hydrogens (tertiary/aromatic N) is 2. The van der Waals surface area contributed by atoms with Crippen LogP contribution in [0.25, 0.3) is 11.1 Å². The van der Waals surface area contributed by atoms with E-state index in [0.717, 1.165) is 69.7 Å². The number of benzene rings is 2. The van der Waals surface area contributed by atoms with E-state index in [4.69, 9.17) is 19.9 Å². The predicted molar refractivity (Wildman–Crippen MR) is 151 cm³/mol. The lowest BCUT2D eigenvalue weighted by Crippen LogP contribution is -2.25. The van der Waals surface area contributed by atoms with E-state index in [1.807, 2.05) is 24.3 Å². The molecule has 0 unspecified atom stereocenters. The third-order valence-corrected chi connectivity index (χ3v) is 7.04. The highest BCUT2D eigenvalue weighted by Gasteiger charge is 2.36. The van der Waals surface area contributed by atoms with Crippen LogP contribution >= 0.6 is 0 Å². The SMILES string of the molecule is CCCOc1cc(OCCCN(CC)CC)c(N)c2c1-c1c(OCCCN(CC)CC)cccc1C2=O. The van der Waals surface area contributed by atoms with E-state index in [0.29, 0.717) is 53.9 Å². The molecule has 1 aliphatic carbocycles. The van der Waals surface area contributed by atoms with Crippen molar-refractivity contribution >= 4 is 11.5 Å². The molecular formula is C30H45N3O4. The number of nitrogen functional groups attached to an aromatic ring is 1. The highest BCUT2D eigenvalue weighted by atomic mass is 16.5. The maximum Gasteiger partial charge on any atom is 0.196 e. The van der Waals surface area contributed by atoms with Gasteiger partial charge in [-0.3, -0.25) is 4.79 Å². The zero-order chi connectivity index (χ0) is 26.8. The zero-order valence-electron chi connectivity index (χ0n) is 23.4. The van der Waals surface area contributed by atoms with E-state index in [1.165, 1.54) is 0 Å². The smallest absolute Gasteiger partial charge is 0.196 e. The summed E-state index contributed by atoms with van der Waals surface area (Å²) in [6.07, 6.45) is 2.64. The summed E-state index contributed by atoms with van der Waals surface area (Å²) in [6.45, 7) is 18.4. The second kappa shape index (κ2) is 14.2. The molecule has 2 aromatic rings. The minimum absolute atomic E-state index is 0.106. The van der Waals surface area contributed by atoms with Gasteiger partial charge in [-0.1, -0.05) is 46.8 Å². The van der Waals surface area contributed by atoms with Gasteiger partial charge in [-0.2, -0.15) is 0 Å². The van der Waals surface area contributed by atoms with Crippen LogP contribution in [0.4, 0.5) is 5.69 Å². The molecule has 0 aliphatic heterocycles. The third-order valence-electron chi connectivity index (χ3n) is 7.04. The van der Waals surface area contributed by atoms with Crippen LogP contribution in [0, 0.1) is 0 Å². The lowest BCUT2D eigenvalue weighted by Gasteiger charge is -2.20. The number of fused-ring (bicyclic) bond motifs is 3. The largest absolute Gasteiger partial charge is 0.493 e. The highest BCUT2D eigenvalue weighted by molar-refractivity contribution is 6.26. The standard InChI is InChI=1S/C30H45N3O4/c1-6-18-35-24-21-25(37-20-13-17-33(9-4)10-5)29(31)28-27(24)26-22(30(28)34)14-11-15-23(26)36-19-12-16-32(7-2)8-3/h11,14-15,21H,6-10,12-13,16-20,31H2,1-5H3. The van der Waals surface area contributed by atoms with Gasteiger partial charge in [0.15, 0.2) is 5.78 Å². The van der Waals surface area contributed by atoms with E-state index < -0.39 is 0 Å². The van der Waals surface area contributed by atoms with Gasteiger partial charge >= 0.3 is 0 Å². The Morgan fingerprint density at radius 3 is 1.84 bits per heavy atom. The normalized spacial score (nSPS) is 12.2. The Labute approximate surface area is 222 Å². The van der Waals surface area contributed by atoms with Gasteiger partial charge in [-0.05, 0) is 51.5 Å². The van der Waals surface area contributed by atoms with Crippen LogP contribution in [-0.2, 0) is 0 Å². The highest BCUT2D eigenvalue weighted by Crippen LogP contribution is 2.52. The van der Waals surface area contributed by atoms with Crippen molar-refractivity contribution in [3.63, 3.8) is 0 Å². The fourth-order valence-electron chi connectivity index (χ4n) is 4.83. The van der Waals surface area contributed by atoms with E-state index >= 15 is 0 Å². The number of ketones is 1. The number of hydrogen-bond acceptors (Lipinski definition) is 7. The molecule has 7 nitrogen and oxygen atoms in total. The fourth-order valence-corrected chi connectivity index (χ4v) is 4.83. The first-order chi connectivity index (χ1) is 18.0. The van der Waals surface area contributed by atoms with Crippen LogP contribution in [0.3, 0.4) is 0 Å². The maximum atomic E-state index is 13.6. The second-order valence-corrected chi connectivity index (χ2v) is 9.35. The summed E-state index contributed by atoms with van der Waals surface area (Å²) in [4.78, 5) is 18.3. The number of hydrogen-bond donors (Lipinski definition) is 1. The molecule has 0 spiro atoms. The molecule has 0 bridgehead atoms. The minimum Gasteiger partial charge on any atom is -0.493 e. The molecule has 0 fully saturated rings. The summed E-state index contributed by atoms with van der Waals surface area (Å²) in [5.74, 6) is 1.71. The molecule has 204 valence electrons. The average molecular weight is 512 g/mol. The van der Waals surface area contributed by atoms with Crippen molar-refractivity contribution in [1.82, 2.24) is 9.80 Å². The molecular weight excluding hydrogens is 466 g/mol. The van der Waals surface area contributed by atoms with Gasteiger partial charge in [-0.25, -0.2) is 0 Å². The number of carbonyl (C=O) groups is 1. The van der Waals surface area contributed by atoms with Crippen LogP contribution < -0.4 is 19.9 Å². The van der Waals surface area contributed by atoms with E-state index in [9.17, 15) is 4.79 Å². The molecule has 0 atom stereocenters. The molecule has 7 heteroatoms. The monoisotopic (exact) mass is 511 g/mol. The van der Waals surface area contributed by atoms with Crippen LogP contribution in [0.1, 0.15) is 69.8 Å². The van der Waals surface area contributed by atoms with Gasteiger partial charge in [0.1, 0.15) is 17.2 Å². The van der Waals surface area contributed by atoms with Gasteiger partial charge in [0.05, 0.1) is 31.1 Å². The van der Waals surface area contributed by atoms with E-state index in [2.05, 4.69) is 44.4 Å². The fraction of sp³-hybridized carbons (Fsp3) is 0.567. The van der Waals surface area contributed by atoms with Crippen molar-refractivity contribution in [3.05, 3.63) is 35.4 Å². The van der Waals surface area contributed by atoms with E-state index in [1.54, 1.807) is 0 Å². The Morgan fingerprint density at radius 1 is 0.703 bits per heavy atom. The molecule has 1 aliphatic rings. The van der Waals surface area contributed by atoms with Crippen LogP contribution in [0.15, 0.2) is 24.3 Å². The first-order valence-corrected chi connectivity index (χ1v) is 14.0. The van der Waals surface area contributed by atoms with E-state index in [-0.39, 0.29) is 5.78 Å². The Hall–Kier alpha value is -2.77. The van der Waals surface area contributed by atoms with Gasteiger partial charge in [0, 0.05) is 35.8 Å². The first kappa shape index (κ1) is 28.8. The van der Waals surface area contributed by atoms with Crippen LogP contribution in [0.2, 0.25) is 0 Å². The first-order valence-electron chi connectivity index (χ1n) is 14.0. The zero-order valence-corrected chi connectivity index (χ0v) is 23.4. The molecule has 0 saturated carbocycles. The van der Waals surface area contributed by atoms with Crippen molar-refractivity contribution in [2.75, 3.05) is 64.8 Å². The lowest BCUT2D eigenvalue weighted by molar-refractivity contribution is 0.104. The van der Waals surface area contributed by atoms with Crippen molar-refractivity contribution in [3.8, 4) is 28.4 Å². The number of nitrogens with two attached hydrogens (primary N) is 1. The van der Waals surface area contributed by atoms with Crippen molar-refractivity contribution in [2.24, 2.45) is 0 Å². The van der Waals surface area contributed by atoms with Crippen molar-refractivity contribution in [1.29, 1.82) is 0 Å². The average Bonchev–Trinajstić information content (AvgIpc) is 3.23. The number of rotatable bonds is 17. The molecule has 2 N–H and O–H groups in total. The molecule has 0 radical (unpaired) electrons. The van der Waals surface area contributed by atoms with Gasteiger partial charge in [0.2, 0.25) is 0 Å². The summed E-state index contributed by atoms with van der Waals surface area (Å²) in [5.41, 5.74) is 9.50. The number of anilines is 1. The Kier molecular flexibility index (Phi) is 11.1. The quantitative estimate of drug-likeness (QED) is 0.190. The predicted octanol–water partition coefficient (Wildman–Crippen LogP) is 5.49. The maximum absolute atomic E-state index is 13.6. The molecule has 2 aromatic carbocycles. The van der Waals surface area contributed by atoms with Crippen molar-refractivity contribution in [2.45, 2.75) is 53.9 Å². The molecule has 0 saturated heterocycles. The lowest BCUT2D eigenvalue weighted by atomic mass is 10.0. The second-order valence-electron chi connectivity index (χ2n) is 9.35. The molecule has 37 heavy (non-hydrogen) atoms. The Bertz CT molecular complexity index is 1030. The van der Waals surface area contributed by atoms with Gasteiger partial charge in [0.25, 0.3) is 0 Å². The van der Waals surface area contributed by atoms with Crippen LogP contribution in [0.5, 0.6) is 17.2 Å². The van der Waals surface area contributed by atoms with Gasteiger partial charge < -0.3 is 29.7 Å². The summed E-state index contributed by atoms with van der Waals surface area (Å²) in [6, 6.07) is 7.49. The van der Waals surface area contributed by atoms with Crippen molar-refractivity contribution < 1.29 is 19.0 Å². The molecule has 0 heterocycles. The minimum atomic E-state index is -0.106. The molecule has 3 rings (SSSR count). The number of carbonyl (C=O) groups excluding carboxylic acids is 1. The molecule has 0 aromatic heterocycles. The van der Waals surface area contributed by atoms with Gasteiger partial charge in [-0.15, -0.1) is 0 Å². The summed E-state index contributed by atoms with van der Waals surface area (Å²) >= 11 is 0. The summed E-state index contributed by atoms with van der Waals surface area (Å²) in [7, 11) is 0. The summed E-state index contributed by atoms with van der Waals surface area (Å²) in [5, 5.41) is 0. The topological polar surface area (TPSA) is 77.3 Å². The number of ether oxygens (including phenoxy) is 3. The third kappa shape index (κ3) is 6.76. The molecule has 0 amide bonds. The van der Waals surface area contributed by atoms with Crippen LogP contribution in [-0.4, -0.2) is 74.7 Å². The summed E-state index contributed by atoms with van der Waals surface area (Å²) < 4.78 is 18.5.